The highest BCUT2D eigenvalue weighted by molar-refractivity contribution is 6.10. The van der Waals surface area contributed by atoms with Crippen molar-refractivity contribution in [3.05, 3.63) is 89.0 Å². The molecule has 0 aromatic heterocycles. The monoisotopic (exact) mass is 455 g/mol. The molecule has 7 heteroatoms. The van der Waals surface area contributed by atoms with Gasteiger partial charge < -0.3 is 20.1 Å². The van der Waals surface area contributed by atoms with Gasteiger partial charge in [-0.05, 0) is 67.4 Å². The number of carbonyl (C=O) groups is 2. The third-order valence-corrected chi connectivity index (χ3v) is 5.17. The van der Waals surface area contributed by atoms with E-state index in [9.17, 15) is 14.9 Å². The fraction of sp³-hybridized carbons (Fsp3) is 0.148. The zero-order valence-electron chi connectivity index (χ0n) is 19.2. The molecule has 0 spiro atoms. The van der Waals surface area contributed by atoms with E-state index in [1.807, 2.05) is 32.0 Å². The Bertz CT molecular complexity index is 1260. The summed E-state index contributed by atoms with van der Waals surface area (Å²) in [5.41, 5.74) is 3.64. The Morgan fingerprint density at radius 1 is 0.971 bits per heavy atom. The van der Waals surface area contributed by atoms with Crippen LogP contribution in [0.3, 0.4) is 0 Å². The minimum Gasteiger partial charge on any atom is -0.497 e. The minimum absolute atomic E-state index is 0.0837. The van der Waals surface area contributed by atoms with E-state index in [0.29, 0.717) is 28.4 Å². The SMILES string of the molecule is COc1ccc(NC(=O)COc2ccccc2/C=C(/C#N)C(=O)Nc2cccc(C)c2C)cc1. The lowest BCUT2D eigenvalue weighted by Crippen LogP contribution is -2.20. The molecule has 0 radical (unpaired) electrons. The quantitative estimate of drug-likeness (QED) is 0.373. The first-order valence-corrected chi connectivity index (χ1v) is 10.6. The summed E-state index contributed by atoms with van der Waals surface area (Å²) < 4.78 is 10.8. The number of ether oxygens (including phenoxy) is 2. The summed E-state index contributed by atoms with van der Waals surface area (Å²) in [6.07, 6.45) is 1.44. The highest BCUT2D eigenvalue weighted by atomic mass is 16.5. The van der Waals surface area contributed by atoms with E-state index in [-0.39, 0.29) is 18.1 Å². The molecule has 7 nitrogen and oxygen atoms in total. The van der Waals surface area contributed by atoms with Crippen molar-refractivity contribution in [1.82, 2.24) is 0 Å². The average molecular weight is 456 g/mol. The van der Waals surface area contributed by atoms with Crippen LogP contribution in [0.15, 0.2) is 72.3 Å². The van der Waals surface area contributed by atoms with Crippen LogP contribution in [0.2, 0.25) is 0 Å². The minimum atomic E-state index is -0.525. The number of carbonyl (C=O) groups excluding carboxylic acids is 2. The molecule has 0 fully saturated rings. The number of methoxy groups -OCH3 is 1. The van der Waals surface area contributed by atoms with Gasteiger partial charge in [0.05, 0.1) is 7.11 Å². The zero-order valence-corrected chi connectivity index (χ0v) is 19.2. The normalized spacial score (nSPS) is 10.7. The first-order chi connectivity index (χ1) is 16.4. The van der Waals surface area contributed by atoms with Crippen LogP contribution in [-0.4, -0.2) is 25.5 Å². The van der Waals surface area contributed by atoms with Crippen LogP contribution in [0.1, 0.15) is 16.7 Å². The molecule has 3 rings (SSSR count). The first kappa shape index (κ1) is 24.1. The van der Waals surface area contributed by atoms with E-state index >= 15 is 0 Å². The van der Waals surface area contributed by atoms with Crippen LogP contribution in [0, 0.1) is 25.2 Å². The van der Waals surface area contributed by atoms with E-state index in [2.05, 4.69) is 10.6 Å². The predicted molar refractivity (Wildman–Crippen MR) is 132 cm³/mol. The molecule has 172 valence electrons. The Labute approximate surface area is 198 Å². The Kier molecular flexibility index (Phi) is 8.03. The van der Waals surface area contributed by atoms with Gasteiger partial charge in [0.15, 0.2) is 6.61 Å². The molecule has 0 saturated heterocycles. The Morgan fingerprint density at radius 3 is 2.41 bits per heavy atom. The maximum Gasteiger partial charge on any atom is 0.266 e. The van der Waals surface area contributed by atoms with Gasteiger partial charge >= 0.3 is 0 Å². The lowest BCUT2D eigenvalue weighted by atomic mass is 10.1. The van der Waals surface area contributed by atoms with E-state index in [0.717, 1.165) is 11.1 Å². The van der Waals surface area contributed by atoms with Gasteiger partial charge in [0.2, 0.25) is 0 Å². The second-order valence-corrected chi connectivity index (χ2v) is 7.47. The molecule has 34 heavy (non-hydrogen) atoms. The number of nitriles is 1. The predicted octanol–water partition coefficient (Wildman–Crippen LogP) is 4.88. The van der Waals surface area contributed by atoms with Gasteiger partial charge in [-0.2, -0.15) is 5.26 Å². The highest BCUT2D eigenvalue weighted by Crippen LogP contribution is 2.23. The maximum absolute atomic E-state index is 12.7. The van der Waals surface area contributed by atoms with Crippen LogP contribution in [0.5, 0.6) is 11.5 Å². The Balaban J connectivity index is 1.70. The van der Waals surface area contributed by atoms with Crippen LogP contribution in [-0.2, 0) is 9.59 Å². The van der Waals surface area contributed by atoms with Crippen molar-refractivity contribution in [2.45, 2.75) is 13.8 Å². The molecule has 0 aliphatic carbocycles. The first-order valence-electron chi connectivity index (χ1n) is 10.6. The number of nitrogens with zero attached hydrogens (tertiary/aromatic N) is 1. The molecular weight excluding hydrogens is 430 g/mol. The van der Waals surface area contributed by atoms with Gasteiger partial charge in [-0.3, -0.25) is 9.59 Å². The second-order valence-electron chi connectivity index (χ2n) is 7.47. The zero-order chi connectivity index (χ0) is 24.5. The summed E-state index contributed by atoms with van der Waals surface area (Å²) >= 11 is 0. The number of amides is 2. The van der Waals surface area contributed by atoms with Gasteiger partial charge in [0.25, 0.3) is 11.8 Å². The Hall–Kier alpha value is -4.57. The average Bonchev–Trinajstić information content (AvgIpc) is 2.85. The summed E-state index contributed by atoms with van der Waals surface area (Å²) in [6, 6.07) is 21.3. The van der Waals surface area contributed by atoms with Crippen LogP contribution >= 0.6 is 0 Å². The molecule has 0 heterocycles. The standard InChI is InChI=1S/C27H25N3O4/c1-18-7-6-9-24(19(18)2)30-27(32)21(16-28)15-20-8-4-5-10-25(20)34-17-26(31)29-22-11-13-23(33-3)14-12-22/h4-15H,17H2,1-3H3,(H,29,31)(H,30,32)/b21-15-. The van der Waals surface area contributed by atoms with Crippen LogP contribution in [0.4, 0.5) is 11.4 Å². The highest BCUT2D eigenvalue weighted by Gasteiger charge is 2.13. The molecule has 3 aromatic rings. The molecule has 0 bridgehead atoms. The number of benzene rings is 3. The molecule has 0 aliphatic heterocycles. The van der Waals surface area contributed by atoms with Crippen LogP contribution in [0.25, 0.3) is 6.08 Å². The number of nitrogens with one attached hydrogen (secondary N) is 2. The summed E-state index contributed by atoms with van der Waals surface area (Å²) in [6.45, 7) is 3.61. The Morgan fingerprint density at radius 2 is 1.71 bits per heavy atom. The van der Waals surface area contributed by atoms with Gasteiger partial charge in [0, 0.05) is 16.9 Å². The topological polar surface area (TPSA) is 100 Å². The van der Waals surface area contributed by atoms with Crippen molar-refractivity contribution in [1.29, 1.82) is 5.26 Å². The van der Waals surface area contributed by atoms with Gasteiger partial charge in [-0.1, -0.05) is 30.3 Å². The lowest BCUT2D eigenvalue weighted by molar-refractivity contribution is -0.118. The summed E-state index contributed by atoms with van der Waals surface area (Å²) in [7, 11) is 1.57. The van der Waals surface area contributed by atoms with Crippen molar-refractivity contribution in [3.8, 4) is 17.6 Å². The van der Waals surface area contributed by atoms with Crippen molar-refractivity contribution < 1.29 is 19.1 Å². The smallest absolute Gasteiger partial charge is 0.266 e. The lowest BCUT2D eigenvalue weighted by Gasteiger charge is -2.11. The molecule has 0 atom stereocenters. The largest absolute Gasteiger partial charge is 0.497 e. The van der Waals surface area contributed by atoms with E-state index in [1.165, 1.54) is 6.08 Å². The van der Waals surface area contributed by atoms with E-state index < -0.39 is 5.91 Å². The number of para-hydroxylation sites is 1. The molecule has 0 unspecified atom stereocenters. The summed E-state index contributed by atoms with van der Waals surface area (Å²) in [5.74, 6) is 0.185. The third-order valence-electron chi connectivity index (χ3n) is 5.17. The fourth-order valence-electron chi connectivity index (χ4n) is 3.13. The molecule has 0 saturated carbocycles. The third kappa shape index (κ3) is 6.24. The van der Waals surface area contributed by atoms with Gasteiger partial charge in [0.1, 0.15) is 23.1 Å². The number of hydrogen-bond donors (Lipinski definition) is 2. The number of anilines is 2. The summed E-state index contributed by atoms with van der Waals surface area (Å²) in [4.78, 5) is 25.0. The number of rotatable bonds is 8. The molecular formula is C27H25N3O4. The van der Waals surface area contributed by atoms with Crippen LogP contribution < -0.4 is 20.1 Å². The van der Waals surface area contributed by atoms with E-state index in [1.54, 1.807) is 61.7 Å². The van der Waals surface area contributed by atoms with Crippen molar-refractivity contribution in [3.63, 3.8) is 0 Å². The number of hydrogen-bond acceptors (Lipinski definition) is 5. The second kappa shape index (κ2) is 11.3. The van der Waals surface area contributed by atoms with Gasteiger partial charge in [-0.25, -0.2) is 0 Å². The van der Waals surface area contributed by atoms with Crippen molar-refractivity contribution in [2.75, 3.05) is 24.4 Å². The summed E-state index contributed by atoms with van der Waals surface area (Å²) in [5, 5.41) is 15.1. The maximum atomic E-state index is 12.7. The fourth-order valence-corrected chi connectivity index (χ4v) is 3.13. The molecule has 2 N–H and O–H groups in total. The van der Waals surface area contributed by atoms with Crippen molar-refractivity contribution in [2.24, 2.45) is 0 Å². The van der Waals surface area contributed by atoms with E-state index in [4.69, 9.17) is 9.47 Å². The molecule has 3 aromatic carbocycles. The molecule has 0 aliphatic rings. The molecule has 2 amide bonds. The van der Waals surface area contributed by atoms with Gasteiger partial charge in [-0.15, -0.1) is 0 Å². The number of aryl methyl sites for hydroxylation is 1. The van der Waals surface area contributed by atoms with Crippen molar-refractivity contribution >= 4 is 29.3 Å².